The van der Waals surface area contributed by atoms with E-state index >= 15 is 0 Å². The van der Waals surface area contributed by atoms with Gasteiger partial charge in [0.25, 0.3) is 0 Å². The van der Waals surface area contributed by atoms with Crippen molar-refractivity contribution >= 4 is 23.4 Å². The monoisotopic (exact) mass is 281 g/mol. The second-order valence-corrected chi connectivity index (χ2v) is 5.49. The molecule has 1 aliphatic carbocycles. The zero-order valence-electron chi connectivity index (χ0n) is 10.5. The van der Waals surface area contributed by atoms with E-state index in [2.05, 4.69) is 14.8 Å². The van der Waals surface area contributed by atoms with E-state index < -0.39 is 5.97 Å². The molecule has 0 bridgehead atoms. The Kier molecular flexibility index (Phi) is 3.33. The zero-order valence-corrected chi connectivity index (χ0v) is 11.3. The minimum absolute atomic E-state index is 0.122. The molecular weight excluding hydrogens is 266 g/mol. The van der Waals surface area contributed by atoms with Crippen molar-refractivity contribution < 1.29 is 9.90 Å². The summed E-state index contributed by atoms with van der Waals surface area (Å²) in [6, 6.07) is 2.35. The molecule has 1 saturated carbocycles. The highest BCUT2D eigenvalue weighted by Crippen LogP contribution is 2.28. The topological polar surface area (TPSA) is 56.7 Å². The predicted molar refractivity (Wildman–Crippen MR) is 73.0 cm³/mol. The van der Waals surface area contributed by atoms with Gasteiger partial charge in [0, 0.05) is 38.4 Å². The van der Waals surface area contributed by atoms with Gasteiger partial charge in [0.05, 0.1) is 10.6 Å². The van der Waals surface area contributed by atoms with Crippen LogP contribution in [0.25, 0.3) is 0 Å². The molecule has 2 aliphatic rings. The van der Waals surface area contributed by atoms with E-state index in [9.17, 15) is 4.79 Å². The van der Waals surface area contributed by atoms with Crippen molar-refractivity contribution in [3.63, 3.8) is 0 Å². The molecule has 6 heteroatoms. The fourth-order valence-electron chi connectivity index (χ4n) is 2.52. The molecule has 19 heavy (non-hydrogen) atoms. The van der Waals surface area contributed by atoms with Gasteiger partial charge in [-0.1, -0.05) is 11.6 Å². The number of anilines is 1. The average Bonchev–Trinajstić information content (AvgIpc) is 3.23. The van der Waals surface area contributed by atoms with Crippen LogP contribution < -0.4 is 4.90 Å². The second-order valence-electron chi connectivity index (χ2n) is 5.08. The molecule has 0 unspecified atom stereocenters. The van der Waals surface area contributed by atoms with Gasteiger partial charge < -0.3 is 10.0 Å². The molecule has 102 valence electrons. The molecule has 5 nitrogen and oxygen atoms in total. The summed E-state index contributed by atoms with van der Waals surface area (Å²) in [5, 5.41) is 9.26. The number of nitrogens with zero attached hydrogens (tertiary/aromatic N) is 3. The molecule has 1 aromatic rings. The Balaban J connectivity index is 1.72. The first-order chi connectivity index (χ1) is 9.15. The van der Waals surface area contributed by atoms with Crippen molar-refractivity contribution in [1.82, 2.24) is 9.88 Å². The Morgan fingerprint density at radius 3 is 2.58 bits per heavy atom. The fraction of sp³-hybridized carbons (Fsp3) is 0.538. The van der Waals surface area contributed by atoms with Gasteiger partial charge >= 0.3 is 5.97 Å². The number of carboxylic acids is 1. The first-order valence-corrected chi connectivity index (χ1v) is 6.91. The quantitative estimate of drug-likeness (QED) is 0.914. The van der Waals surface area contributed by atoms with Crippen molar-refractivity contribution in [1.29, 1.82) is 0 Å². The van der Waals surface area contributed by atoms with Crippen molar-refractivity contribution in [3.8, 4) is 0 Å². The number of carboxylic acid groups (broad SMARTS) is 1. The molecule has 0 aromatic carbocycles. The molecule has 1 saturated heterocycles. The van der Waals surface area contributed by atoms with E-state index in [0.717, 1.165) is 32.2 Å². The van der Waals surface area contributed by atoms with Crippen LogP contribution >= 0.6 is 11.6 Å². The molecule has 0 spiro atoms. The summed E-state index contributed by atoms with van der Waals surface area (Å²) in [7, 11) is 0. The Bertz CT molecular complexity index is 497. The largest absolute Gasteiger partial charge is 0.478 e. The van der Waals surface area contributed by atoms with E-state index in [1.54, 1.807) is 6.07 Å². The summed E-state index contributed by atoms with van der Waals surface area (Å²) in [6.45, 7) is 3.84. The maximum Gasteiger partial charge on any atom is 0.337 e. The van der Waals surface area contributed by atoms with Crippen LogP contribution in [0.4, 0.5) is 5.82 Å². The van der Waals surface area contributed by atoms with Gasteiger partial charge in [-0.25, -0.2) is 9.78 Å². The molecule has 0 radical (unpaired) electrons. The van der Waals surface area contributed by atoms with Crippen LogP contribution in [-0.2, 0) is 0 Å². The van der Waals surface area contributed by atoms with Crippen LogP contribution in [-0.4, -0.2) is 53.2 Å². The van der Waals surface area contributed by atoms with Gasteiger partial charge in [0.15, 0.2) is 0 Å². The summed E-state index contributed by atoms with van der Waals surface area (Å²) < 4.78 is 0. The predicted octanol–water partition coefficient (Wildman–Crippen LogP) is 1.72. The molecule has 0 atom stereocenters. The second kappa shape index (κ2) is 4.98. The number of pyridine rings is 1. The fourth-order valence-corrected chi connectivity index (χ4v) is 2.70. The lowest BCUT2D eigenvalue weighted by molar-refractivity contribution is 0.0697. The van der Waals surface area contributed by atoms with Gasteiger partial charge in [-0.2, -0.15) is 0 Å². The average molecular weight is 282 g/mol. The van der Waals surface area contributed by atoms with E-state index in [-0.39, 0.29) is 10.6 Å². The minimum Gasteiger partial charge on any atom is -0.478 e. The maximum absolute atomic E-state index is 11.1. The van der Waals surface area contributed by atoms with Crippen LogP contribution in [0.3, 0.4) is 0 Å². The third-order valence-electron chi connectivity index (χ3n) is 3.77. The SMILES string of the molecule is O=C(O)c1cc(N2CCN(C3CC3)CC2)ncc1Cl. The summed E-state index contributed by atoms with van der Waals surface area (Å²) in [4.78, 5) is 19.9. The van der Waals surface area contributed by atoms with Gasteiger partial charge in [-0.15, -0.1) is 0 Å². The van der Waals surface area contributed by atoms with E-state index in [4.69, 9.17) is 16.7 Å². The summed E-state index contributed by atoms with van der Waals surface area (Å²) >= 11 is 5.83. The van der Waals surface area contributed by atoms with Gasteiger partial charge in [-0.05, 0) is 18.9 Å². The highest BCUT2D eigenvalue weighted by atomic mass is 35.5. The van der Waals surface area contributed by atoms with Gasteiger partial charge in [0.1, 0.15) is 5.82 Å². The zero-order chi connectivity index (χ0) is 13.4. The normalized spacial score (nSPS) is 20.6. The number of carbonyl (C=O) groups is 1. The number of hydrogen-bond acceptors (Lipinski definition) is 4. The lowest BCUT2D eigenvalue weighted by Crippen LogP contribution is -2.47. The number of rotatable bonds is 3. The Morgan fingerprint density at radius 2 is 2.00 bits per heavy atom. The van der Waals surface area contributed by atoms with E-state index in [0.29, 0.717) is 5.82 Å². The molecule has 3 rings (SSSR count). The Morgan fingerprint density at radius 1 is 1.32 bits per heavy atom. The van der Waals surface area contributed by atoms with E-state index in [1.165, 1.54) is 19.0 Å². The van der Waals surface area contributed by atoms with Crippen LogP contribution in [0.15, 0.2) is 12.3 Å². The van der Waals surface area contributed by atoms with Crippen molar-refractivity contribution in [2.75, 3.05) is 31.1 Å². The van der Waals surface area contributed by atoms with Crippen LogP contribution in [0.2, 0.25) is 5.02 Å². The van der Waals surface area contributed by atoms with Gasteiger partial charge in [0.2, 0.25) is 0 Å². The number of halogens is 1. The number of piperazine rings is 1. The Hall–Kier alpha value is -1.33. The minimum atomic E-state index is -1.01. The summed E-state index contributed by atoms with van der Waals surface area (Å²) in [5.74, 6) is -0.303. The highest BCUT2D eigenvalue weighted by Gasteiger charge is 2.31. The van der Waals surface area contributed by atoms with Crippen molar-refractivity contribution in [2.45, 2.75) is 18.9 Å². The van der Waals surface area contributed by atoms with Crippen molar-refractivity contribution in [3.05, 3.63) is 22.8 Å². The molecule has 1 aromatic heterocycles. The summed E-state index contributed by atoms with van der Waals surface area (Å²) in [5.41, 5.74) is 0.122. The summed E-state index contributed by atoms with van der Waals surface area (Å²) in [6.07, 6.45) is 4.07. The lowest BCUT2D eigenvalue weighted by atomic mass is 10.2. The molecule has 0 amide bonds. The van der Waals surface area contributed by atoms with Gasteiger partial charge in [-0.3, -0.25) is 4.90 Å². The standard InChI is InChI=1S/C13H16ClN3O2/c14-11-8-15-12(7-10(11)13(18)19)17-5-3-16(4-6-17)9-1-2-9/h7-9H,1-6H2,(H,18,19). The molecular formula is C13H16ClN3O2. The highest BCUT2D eigenvalue weighted by molar-refractivity contribution is 6.33. The first-order valence-electron chi connectivity index (χ1n) is 6.53. The third kappa shape index (κ3) is 2.67. The molecule has 1 aliphatic heterocycles. The smallest absolute Gasteiger partial charge is 0.337 e. The van der Waals surface area contributed by atoms with Crippen LogP contribution in [0.1, 0.15) is 23.2 Å². The van der Waals surface area contributed by atoms with E-state index in [1.807, 2.05) is 0 Å². The molecule has 2 fully saturated rings. The Labute approximate surface area is 116 Å². The van der Waals surface area contributed by atoms with Crippen LogP contribution in [0, 0.1) is 0 Å². The number of hydrogen-bond donors (Lipinski definition) is 1. The number of aromatic nitrogens is 1. The number of aromatic carboxylic acids is 1. The van der Waals surface area contributed by atoms with Crippen molar-refractivity contribution in [2.24, 2.45) is 0 Å². The maximum atomic E-state index is 11.1. The lowest BCUT2D eigenvalue weighted by Gasteiger charge is -2.35. The molecule has 1 N–H and O–H groups in total. The molecule has 2 heterocycles. The third-order valence-corrected chi connectivity index (χ3v) is 4.07. The van der Waals surface area contributed by atoms with Crippen LogP contribution in [0.5, 0.6) is 0 Å². The first kappa shape index (κ1) is 12.7.